The van der Waals surface area contributed by atoms with Crippen molar-refractivity contribution in [2.45, 2.75) is 13.1 Å². The number of carbonyl (C=O) groups is 1. The number of nitrogens with zero attached hydrogens (tertiary/aromatic N) is 1. The van der Waals surface area contributed by atoms with Crippen molar-refractivity contribution in [3.63, 3.8) is 0 Å². The van der Waals surface area contributed by atoms with Gasteiger partial charge in [0.15, 0.2) is 0 Å². The lowest BCUT2D eigenvalue weighted by Crippen LogP contribution is -2.15. The number of hydrogen-bond acceptors (Lipinski definition) is 7. The van der Waals surface area contributed by atoms with Crippen LogP contribution in [0.1, 0.15) is 22.4 Å². The molecule has 0 unspecified atom stereocenters. The maximum atomic E-state index is 11.1. The fraction of sp³-hybridized carbons (Fsp3) is 0.429. The fourth-order valence-electron chi connectivity index (χ4n) is 0.865. The molecule has 1 heterocycles. The SMILES string of the molecule is CCOC(=O)c1nc(CP(=O)([O-])[O-])cs1. The van der Waals surface area contributed by atoms with Crippen LogP contribution in [0.4, 0.5) is 0 Å². The van der Waals surface area contributed by atoms with E-state index in [0.29, 0.717) is 0 Å². The third-order valence-electron chi connectivity index (χ3n) is 1.36. The van der Waals surface area contributed by atoms with Gasteiger partial charge >= 0.3 is 5.97 Å². The van der Waals surface area contributed by atoms with Gasteiger partial charge in [-0.3, -0.25) is 0 Å². The van der Waals surface area contributed by atoms with E-state index in [0.717, 1.165) is 11.3 Å². The van der Waals surface area contributed by atoms with E-state index in [1.165, 1.54) is 5.38 Å². The first-order chi connectivity index (χ1) is 6.92. The normalized spacial score (nSPS) is 11.4. The Morgan fingerprint density at radius 3 is 2.87 bits per heavy atom. The predicted molar refractivity (Wildman–Crippen MR) is 49.4 cm³/mol. The minimum absolute atomic E-state index is 0.0558. The smallest absolute Gasteiger partial charge is 0.367 e. The second kappa shape index (κ2) is 4.85. The molecule has 0 aliphatic rings. The quantitative estimate of drug-likeness (QED) is 0.537. The van der Waals surface area contributed by atoms with Gasteiger partial charge < -0.3 is 19.1 Å². The molecule has 0 bridgehead atoms. The van der Waals surface area contributed by atoms with E-state index < -0.39 is 19.7 Å². The zero-order valence-electron chi connectivity index (χ0n) is 7.84. The molecule has 0 amide bonds. The summed E-state index contributed by atoms with van der Waals surface area (Å²) in [5.41, 5.74) is 0.0800. The summed E-state index contributed by atoms with van der Waals surface area (Å²) in [5.74, 6) is -0.611. The van der Waals surface area contributed by atoms with Crippen LogP contribution in [-0.4, -0.2) is 17.6 Å². The van der Waals surface area contributed by atoms with Gasteiger partial charge in [-0.2, -0.15) is 0 Å². The molecule has 0 spiro atoms. The zero-order chi connectivity index (χ0) is 11.5. The Kier molecular flexibility index (Phi) is 3.98. The lowest BCUT2D eigenvalue weighted by atomic mass is 10.6. The highest BCUT2D eigenvalue weighted by Crippen LogP contribution is 2.29. The van der Waals surface area contributed by atoms with Crippen LogP contribution in [0.2, 0.25) is 0 Å². The molecule has 0 saturated carbocycles. The molecule has 8 heteroatoms. The van der Waals surface area contributed by atoms with Crippen molar-refractivity contribution < 1.29 is 23.9 Å². The number of ether oxygens (including phenoxy) is 1. The van der Waals surface area contributed by atoms with Crippen molar-refractivity contribution in [3.8, 4) is 0 Å². The van der Waals surface area contributed by atoms with Crippen molar-refractivity contribution in [3.05, 3.63) is 16.1 Å². The number of esters is 1. The van der Waals surface area contributed by atoms with Crippen LogP contribution < -0.4 is 9.79 Å². The summed E-state index contributed by atoms with van der Waals surface area (Å²) in [4.78, 5) is 35.7. The molecule has 6 nitrogen and oxygen atoms in total. The first kappa shape index (κ1) is 12.3. The standard InChI is InChI=1S/C7H10NO5PS/c1-2-13-7(9)6-8-5(4-15-6)3-14(10,11)12/h4H,2-3H2,1H3,(H2,10,11,12)/p-2. The van der Waals surface area contributed by atoms with Crippen LogP contribution in [0.5, 0.6) is 0 Å². The largest absolute Gasteiger partial charge is 0.810 e. The van der Waals surface area contributed by atoms with Crippen molar-refractivity contribution in [1.29, 1.82) is 0 Å². The number of carbonyl (C=O) groups excluding carboxylic acids is 1. The molecule has 0 fully saturated rings. The maximum absolute atomic E-state index is 11.1. The molecule has 1 aromatic rings. The average molecular weight is 249 g/mol. The summed E-state index contributed by atoms with van der Waals surface area (Å²) >= 11 is 0.954. The third-order valence-corrected chi connectivity index (χ3v) is 2.94. The van der Waals surface area contributed by atoms with E-state index >= 15 is 0 Å². The highest BCUT2D eigenvalue weighted by atomic mass is 32.1. The topological polar surface area (TPSA) is 102 Å². The molecule has 0 aromatic carbocycles. The van der Waals surface area contributed by atoms with Gasteiger partial charge in [-0.15, -0.1) is 11.3 Å². The molecule has 0 atom stereocenters. The third kappa shape index (κ3) is 4.09. The predicted octanol–water partition coefficient (Wildman–Crippen LogP) is -0.267. The summed E-state index contributed by atoms with van der Waals surface area (Å²) in [6.45, 7) is 1.87. The molecule has 0 N–H and O–H groups in total. The second-order valence-electron chi connectivity index (χ2n) is 2.63. The van der Waals surface area contributed by atoms with Crippen LogP contribution in [0.15, 0.2) is 5.38 Å². The molecule has 0 aliphatic heterocycles. The van der Waals surface area contributed by atoms with Crippen LogP contribution in [0.3, 0.4) is 0 Å². The Bertz CT molecular complexity index is 398. The van der Waals surface area contributed by atoms with Gasteiger partial charge in [0.1, 0.15) is 0 Å². The molecule has 15 heavy (non-hydrogen) atoms. The van der Waals surface area contributed by atoms with Crippen LogP contribution in [0, 0.1) is 0 Å². The maximum Gasteiger partial charge on any atom is 0.367 e. The minimum Gasteiger partial charge on any atom is -0.810 e. The van der Waals surface area contributed by atoms with E-state index in [9.17, 15) is 19.1 Å². The number of aromatic nitrogens is 1. The summed E-state index contributed by atoms with van der Waals surface area (Å²) in [7, 11) is -4.63. The highest BCUT2D eigenvalue weighted by Gasteiger charge is 2.12. The first-order valence-electron chi connectivity index (χ1n) is 4.05. The number of thiazole rings is 1. The first-order valence-corrected chi connectivity index (χ1v) is 6.65. The fourth-order valence-corrected chi connectivity index (χ4v) is 2.26. The van der Waals surface area contributed by atoms with Crippen LogP contribution in [-0.2, 0) is 15.5 Å². The molecule has 0 saturated heterocycles. The van der Waals surface area contributed by atoms with Crippen molar-refractivity contribution in [1.82, 2.24) is 4.98 Å². The highest BCUT2D eigenvalue weighted by molar-refractivity contribution is 7.47. The average Bonchev–Trinajstić information content (AvgIpc) is 2.50. The van der Waals surface area contributed by atoms with Gasteiger partial charge in [0.2, 0.25) is 5.01 Å². The monoisotopic (exact) mass is 249 g/mol. The Hall–Kier alpha value is -0.750. The Labute approximate surface area is 90.1 Å². The van der Waals surface area contributed by atoms with E-state index in [2.05, 4.69) is 9.72 Å². The van der Waals surface area contributed by atoms with E-state index in [1.807, 2.05) is 0 Å². The van der Waals surface area contributed by atoms with Crippen molar-refractivity contribution >= 4 is 24.9 Å². The number of rotatable bonds is 4. The lowest BCUT2D eigenvalue weighted by molar-refractivity contribution is -0.314. The lowest BCUT2D eigenvalue weighted by Gasteiger charge is -2.28. The molecular formula is C7H8NO5PS-2. The Morgan fingerprint density at radius 1 is 1.67 bits per heavy atom. The molecule has 1 rings (SSSR count). The van der Waals surface area contributed by atoms with Gasteiger partial charge in [-0.05, 0) is 6.92 Å². The van der Waals surface area contributed by atoms with Gasteiger partial charge in [0.05, 0.1) is 12.3 Å². The van der Waals surface area contributed by atoms with Gasteiger partial charge in [-0.1, -0.05) is 7.60 Å². The molecule has 0 aliphatic carbocycles. The molecular weight excluding hydrogens is 241 g/mol. The van der Waals surface area contributed by atoms with E-state index in [-0.39, 0.29) is 17.3 Å². The second-order valence-corrected chi connectivity index (χ2v) is 5.03. The summed E-state index contributed by atoms with van der Waals surface area (Å²) in [6.07, 6.45) is -0.678. The Balaban J connectivity index is 2.72. The van der Waals surface area contributed by atoms with Gasteiger partial charge in [0, 0.05) is 11.5 Å². The molecule has 0 radical (unpaired) electrons. The van der Waals surface area contributed by atoms with Crippen LogP contribution >= 0.6 is 18.9 Å². The van der Waals surface area contributed by atoms with Crippen LogP contribution in [0.25, 0.3) is 0 Å². The number of hydrogen-bond donors (Lipinski definition) is 0. The summed E-state index contributed by atoms with van der Waals surface area (Å²) in [6, 6.07) is 0. The molecule has 1 aromatic heterocycles. The summed E-state index contributed by atoms with van der Waals surface area (Å²) in [5, 5.41) is 1.41. The van der Waals surface area contributed by atoms with Gasteiger partial charge in [-0.25, -0.2) is 9.78 Å². The Morgan fingerprint density at radius 2 is 2.33 bits per heavy atom. The van der Waals surface area contributed by atoms with E-state index in [4.69, 9.17) is 0 Å². The van der Waals surface area contributed by atoms with Gasteiger partial charge in [0.25, 0.3) is 0 Å². The zero-order valence-corrected chi connectivity index (χ0v) is 9.55. The minimum atomic E-state index is -4.63. The summed E-state index contributed by atoms with van der Waals surface area (Å²) < 4.78 is 15.1. The van der Waals surface area contributed by atoms with E-state index in [1.54, 1.807) is 6.92 Å². The molecule has 84 valence electrons. The van der Waals surface area contributed by atoms with Crippen molar-refractivity contribution in [2.75, 3.05) is 6.61 Å². The van der Waals surface area contributed by atoms with Crippen molar-refractivity contribution in [2.24, 2.45) is 0 Å².